The second kappa shape index (κ2) is 7.35. The van der Waals surface area contributed by atoms with Crippen LogP contribution in [-0.2, 0) is 13.0 Å². The first-order chi connectivity index (χ1) is 11.7. The highest BCUT2D eigenvalue weighted by Gasteiger charge is 2.25. The molecule has 0 saturated heterocycles. The highest BCUT2D eigenvalue weighted by Crippen LogP contribution is 2.23. The van der Waals surface area contributed by atoms with Crippen molar-refractivity contribution in [3.63, 3.8) is 0 Å². The number of aliphatic hydroxyl groups excluding tert-OH is 1. The third-order valence-corrected chi connectivity index (χ3v) is 4.18. The van der Waals surface area contributed by atoms with E-state index in [0.29, 0.717) is 38.0 Å². The minimum absolute atomic E-state index is 0.0386. The Morgan fingerprint density at radius 3 is 3.08 bits per heavy atom. The van der Waals surface area contributed by atoms with Crippen LogP contribution in [0.4, 0.5) is 5.82 Å². The van der Waals surface area contributed by atoms with Gasteiger partial charge in [-0.2, -0.15) is 0 Å². The molecule has 0 fully saturated rings. The summed E-state index contributed by atoms with van der Waals surface area (Å²) in [5.74, 6) is 0.712. The minimum atomic E-state index is -0.400. The average molecular weight is 327 g/mol. The van der Waals surface area contributed by atoms with Crippen molar-refractivity contribution >= 4 is 11.7 Å². The largest absolute Gasteiger partial charge is 0.391 e. The van der Waals surface area contributed by atoms with E-state index >= 15 is 0 Å². The van der Waals surface area contributed by atoms with E-state index in [1.807, 2.05) is 6.92 Å². The number of amides is 1. The zero-order valence-corrected chi connectivity index (χ0v) is 13.6. The van der Waals surface area contributed by atoms with Gasteiger partial charge in [0.1, 0.15) is 12.1 Å². The van der Waals surface area contributed by atoms with Gasteiger partial charge in [0, 0.05) is 31.0 Å². The summed E-state index contributed by atoms with van der Waals surface area (Å²) in [6, 6.07) is 3.53. The quantitative estimate of drug-likeness (QED) is 0.859. The second-order valence-corrected chi connectivity index (χ2v) is 5.81. The van der Waals surface area contributed by atoms with E-state index in [-0.39, 0.29) is 5.91 Å². The Balaban J connectivity index is 1.73. The molecule has 0 radical (unpaired) electrons. The molecule has 0 saturated carbocycles. The van der Waals surface area contributed by atoms with Gasteiger partial charge in [0.25, 0.3) is 5.91 Å². The van der Waals surface area contributed by atoms with Crippen LogP contribution in [0.2, 0.25) is 0 Å². The normalized spacial score (nSPS) is 14.8. The van der Waals surface area contributed by atoms with Crippen molar-refractivity contribution < 1.29 is 9.90 Å². The summed E-state index contributed by atoms with van der Waals surface area (Å²) in [6.45, 7) is 3.46. The monoisotopic (exact) mass is 327 g/mol. The molecule has 2 N–H and O–H groups in total. The van der Waals surface area contributed by atoms with Crippen molar-refractivity contribution in [3.05, 3.63) is 47.7 Å². The number of nitrogens with one attached hydrogen (secondary N) is 1. The first kappa shape index (κ1) is 16.3. The summed E-state index contributed by atoms with van der Waals surface area (Å²) in [5.41, 5.74) is 2.46. The molecule has 3 heterocycles. The van der Waals surface area contributed by atoms with Gasteiger partial charge in [0.05, 0.1) is 23.9 Å². The number of carbonyl (C=O) groups is 1. The number of aromatic nitrogens is 3. The van der Waals surface area contributed by atoms with E-state index in [4.69, 9.17) is 0 Å². The van der Waals surface area contributed by atoms with Gasteiger partial charge in [-0.1, -0.05) is 6.92 Å². The van der Waals surface area contributed by atoms with Gasteiger partial charge in [0.15, 0.2) is 0 Å². The first-order valence-electron chi connectivity index (χ1n) is 8.13. The Bertz CT molecular complexity index is 707. The maximum atomic E-state index is 12.5. The lowest BCUT2D eigenvalue weighted by Crippen LogP contribution is -2.37. The van der Waals surface area contributed by atoms with E-state index in [1.54, 1.807) is 29.4 Å². The second-order valence-electron chi connectivity index (χ2n) is 5.81. The highest BCUT2D eigenvalue weighted by molar-refractivity contribution is 5.94. The van der Waals surface area contributed by atoms with Gasteiger partial charge in [-0.15, -0.1) is 0 Å². The lowest BCUT2D eigenvalue weighted by atomic mass is 10.0. The number of pyridine rings is 1. The van der Waals surface area contributed by atoms with Gasteiger partial charge < -0.3 is 15.3 Å². The summed E-state index contributed by atoms with van der Waals surface area (Å²) < 4.78 is 0. The van der Waals surface area contributed by atoms with Gasteiger partial charge in [-0.05, 0) is 25.0 Å². The van der Waals surface area contributed by atoms with Crippen LogP contribution >= 0.6 is 0 Å². The first-order valence-corrected chi connectivity index (χ1v) is 8.13. The summed E-state index contributed by atoms with van der Waals surface area (Å²) in [4.78, 5) is 26.9. The summed E-state index contributed by atoms with van der Waals surface area (Å²) in [5, 5.41) is 12.9. The van der Waals surface area contributed by atoms with Crippen LogP contribution in [0.5, 0.6) is 0 Å². The maximum absolute atomic E-state index is 12.5. The Hall–Kier alpha value is -2.54. The third kappa shape index (κ3) is 3.51. The van der Waals surface area contributed by atoms with Crippen molar-refractivity contribution in [2.75, 3.05) is 18.4 Å². The molecule has 7 nitrogen and oxygen atoms in total. The number of hydrogen-bond acceptors (Lipinski definition) is 6. The van der Waals surface area contributed by atoms with E-state index < -0.39 is 6.10 Å². The molecule has 0 bridgehead atoms. The smallest absolute Gasteiger partial charge is 0.255 e. The van der Waals surface area contributed by atoms with Crippen LogP contribution in [0.25, 0.3) is 0 Å². The van der Waals surface area contributed by atoms with Crippen LogP contribution in [0, 0.1) is 0 Å². The number of nitrogens with zero attached hydrogens (tertiary/aromatic N) is 4. The van der Waals surface area contributed by atoms with Crippen LogP contribution in [-0.4, -0.2) is 50.1 Å². The SMILES string of the molecule is CC[C@H](O)CNc1ncnc2c1CCN(C(=O)c1cccnc1)C2. The molecule has 7 heteroatoms. The van der Waals surface area contributed by atoms with Crippen molar-refractivity contribution in [1.82, 2.24) is 19.9 Å². The zero-order valence-electron chi connectivity index (χ0n) is 13.6. The van der Waals surface area contributed by atoms with Crippen molar-refractivity contribution in [3.8, 4) is 0 Å². The lowest BCUT2D eigenvalue weighted by molar-refractivity contribution is 0.0731. The Labute approximate surface area is 140 Å². The highest BCUT2D eigenvalue weighted by atomic mass is 16.3. The summed E-state index contributed by atoms with van der Waals surface area (Å²) in [6.07, 6.45) is 5.70. The predicted octanol–water partition coefficient (Wildman–Crippen LogP) is 1.25. The number of aliphatic hydroxyl groups is 1. The van der Waals surface area contributed by atoms with E-state index in [9.17, 15) is 9.90 Å². The lowest BCUT2D eigenvalue weighted by Gasteiger charge is -2.29. The molecule has 0 aromatic carbocycles. The Morgan fingerprint density at radius 1 is 1.46 bits per heavy atom. The molecule has 1 amide bonds. The van der Waals surface area contributed by atoms with Gasteiger partial charge in [-0.3, -0.25) is 9.78 Å². The van der Waals surface area contributed by atoms with Gasteiger partial charge in [0.2, 0.25) is 0 Å². The number of rotatable bonds is 5. The molecular formula is C17H21N5O2. The fraction of sp³-hybridized carbons (Fsp3) is 0.412. The van der Waals surface area contributed by atoms with Crippen molar-refractivity contribution in [2.24, 2.45) is 0 Å². The molecule has 0 unspecified atom stereocenters. The molecule has 1 atom stereocenters. The van der Waals surface area contributed by atoms with E-state index in [2.05, 4.69) is 20.3 Å². The van der Waals surface area contributed by atoms with Crippen molar-refractivity contribution in [1.29, 1.82) is 0 Å². The number of fused-ring (bicyclic) bond motifs is 1. The summed E-state index contributed by atoms with van der Waals surface area (Å²) in [7, 11) is 0. The molecule has 0 spiro atoms. The summed E-state index contributed by atoms with van der Waals surface area (Å²) >= 11 is 0. The molecule has 24 heavy (non-hydrogen) atoms. The standard InChI is InChI=1S/C17H21N5O2/c1-2-13(23)9-19-16-14-5-7-22(10-15(14)20-11-21-16)17(24)12-4-3-6-18-8-12/h3-4,6,8,11,13,23H,2,5,7,9-10H2,1H3,(H,19,20,21)/t13-/m0/s1. The van der Waals surface area contributed by atoms with Crippen LogP contribution in [0.1, 0.15) is 35.0 Å². The number of anilines is 1. The molecule has 1 aliphatic rings. The Morgan fingerprint density at radius 2 is 2.33 bits per heavy atom. The van der Waals surface area contributed by atoms with Gasteiger partial charge in [-0.25, -0.2) is 9.97 Å². The zero-order chi connectivity index (χ0) is 16.9. The molecule has 2 aromatic heterocycles. The van der Waals surface area contributed by atoms with Crippen LogP contribution in [0.3, 0.4) is 0 Å². The fourth-order valence-electron chi connectivity index (χ4n) is 2.71. The number of carbonyl (C=O) groups excluding carboxylic acids is 1. The maximum Gasteiger partial charge on any atom is 0.255 e. The molecule has 3 rings (SSSR count). The van der Waals surface area contributed by atoms with Crippen LogP contribution < -0.4 is 5.32 Å². The molecular weight excluding hydrogens is 306 g/mol. The molecule has 0 aliphatic carbocycles. The van der Waals surface area contributed by atoms with Crippen LogP contribution in [0.15, 0.2) is 30.9 Å². The van der Waals surface area contributed by atoms with E-state index in [1.165, 1.54) is 6.33 Å². The fourth-order valence-corrected chi connectivity index (χ4v) is 2.71. The molecule has 126 valence electrons. The van der Waals surface area contributed by atoms with E-state index in [0.717, 1.165) is 17.1 Å². The number of hydrogen-bond donors (Lipinski definition) is 2. The third-order valence-electron chi connectivity index (χ3n) is 4.18. The Kier molecular flexibility index (Phi) is 5.00. The molecule has 2 aromatic rings. The predicted molar refractivity (Wildman–Crippen MR) is 89.5 cm³/mol. The van der Waals surface area contributed by atoms with Gasteiger partial charge >= 0.3 is 0 Å². The van der Waals surface area contributed by atoms with Crippen molar-refractivity contribution in [2.45, 2.75) is 32.4 Å². The molecule has 1 aliphatic heterocycles. The average Bonchev–Trinajstić information content (AvgIpc) is 2.65. The minimum Gasteiger partial charge on any atom is -0.391 e. The topological polar surface area (TPSA) is 91.2 Å².